The minimum Gasteiger partial charge on any atom is -0.358 e. The van der Waals surface area contributed by atoms with Gasteiger partial charge in [0.25, 0.3) is 0 Å². The van der Waals surface area contributed by atoms with E-state index in [0.717, 1.165) is 4.47 Å². The third-order valence-corrected chi connectivity index (χ3v) is 4.61. The molecule has 0 saturated heterocycles. The van der Waals surface area contributed by atoms with Crippen molar-refractivity contribution in [3.8, 4) is 5.88 Å². The average Bonchev–Trinajstić information content (AvgIpc) is 2.37. The zero-order valence-corrected chi connectivity index (χ0v) is 13.9. The number of hydrogen-bond donors (Lipinski definition) is 0. The first kappa shape index (κ1) is 15.3. The highest BCUT2D eigenvalue weighted by Gasteiger charge is 2.18. The van der Waals surface area contributed by atoms with Crippen LogP contribution in [0.2, 0.25) is 0 Å². The third-order valence-electron chi connectivity index (χ3n) is 2.29. The van der Waals surface area contributed by atoms with Crippen LogP contribution in [-0.2, 0) is 10.1 Å². The predicted octanol–water partition coefficient (Wildman–Crippen LogP) is 3.04. The molecule has 0 saturated carbocycles. The molecule has 0 spiro atoms. The maximum Gasteiger partial charge on any atom is 0.340 e. The standard InChI is InChI=1S/C12H11BrN2O3S2/c1-8-7-11(15-12(14-8)19-2)18-20(16,17)10-5-3-9(13)4-6-10/h3-7H,1-2H3. The van der Waals surface area contributed by atoms with Crippen molar-refractivity contribution in [2.24, 2.45) is 0 Å². The normalized spacial score (nSPS) is 11.3. The lowest BCUT2D eigenvalue weighted by atomic mass is 10.4. The molecule has 2 aromatic rings. The summed E-state index contributed by atoms with van der Waals surface area (Å²) in [5.74, 6) is 0.0183. The molecular weight excluding hydrogens is 364 g/mol. The summed E-state index contributed by atoms with van der Waals surface area (Å²) in [6.07, 6.45) is 1.81. The highest BCUT2D eigenvalue weighted by Crippen LogP contribution is 2.21. The summed E-state index contributed by atoms with van der Waals surface area (Å²) in [4.78, 5) is 8.23. The summed E-state index contributed by atoms with van der Waals surface area (Å²) in [5, 5.41) is 0.464. The second-order valence-corrected chi connectivity index (χ2v) is 7.06. The summed E-state index contributed by atoms with van der Waals surface area (Å²) in [6.45, 7) is 1.75. The van der Waals surface area contributed by atoms with Crippen molar-refractivity contribution in [2.75, 3.05) is 6.26 Å². The van der Waals surface area contributed by atoms with E-state index in [0.29, 0.717) is 10.9 Å². The highest BCUT2D eigenvalue weighted by atomic mass is 79.9. The molecule has 0 aliphatic rings. The van der Waals surface area contributed by atoms with Crippen LogP contribution in [-0.4, -0.2) is 24.6 Å². The van der Waals surface area contributed by atoms with E-state index in [9.17, 15) is 8.42 Å². The van der Waals surface area contributed by atoms with E-state index in [1.54, 1.807) is 19.1 Å². The fourth-order valence-electron chi connectivity index (χ4n) is 1.41. The number of benzene rings is 1. The first-order chi connectivity index (χ1) is 9.40. The fraction of sp³-hybridized carbons (Fsp3) is 0.167. The smallest absolute Gasteiger partial charge is 0.340 e. The SMILES string of the molecule is CSc1nc(C)cc(OS(=O)(=O)c2ccc(Br)cc2)n1. The minimum absolute atomic E-state index is 0.0183. The Morgan fingerprint density at radius 2 is 1.85 bits per heavy atom. The van der Waals surface area contributed by atoms with Crippen LogP contribution in [0.3, 0.4) is 0 Å². The summed E-state index contributed by atoms with van der Waals surface area (Å²) >= 11 is 4.57. The van der Waals surface area contributed by atoms with Gasteiger partial charge in [-0.05, 0) is 37.4 Å². The Bertz CT molecular complexity index is 718. The molecule has 0 unspecified atom stereocenters. The van der Waals surface area contributed by atoms with E-state index in [-0.39, 0.29) is 10.8 Å². The Balaban J connectivity index is 2.33. The Morgan fingerprint density at radius 1 is 1.20 bits per heavy atom. The molecule has 0 bridgehead atoms. The number of aryl methyl sites for hydroxylation is 1. The van der Waals surface area contributed by atoms with Crippen molar-refractivity contribution >= 4 is 37.8 Å². The zero-order chi connectivity index (χ0) is 14.8. The molecule has 0 atom stereocenters. The van der Waals surface area contributed by atoms with E-state index in [1.807, 2.05) is 6.26 Å². The molecular formula is C12H11BrN2O3S2. The van der Waals surface area contributed by atoms with Crippen LogP contribution in [0.5, 0.6) is 5.88 Å². The largest absolute Gasteiger partial charge is 0.358 e. The maximum atomic E-state index is 12.1. The lowest BCUT2D eigenvalue weighted by Gasteiger charge is -2.07. The van der Waals surface area contributed by atoms with Gasteiger partial charge in [-0.15, -0.1) is 0 Å². The van der Waals surface area contributed by atoms with Crippen LogP contribution >= 0.6 is 27.7 Å². The van der Waals surface area contributed by atoms with Crippen LogP contribution in [0.15, 0.2) is 44.9 Å². The Kier molecular flexibility index (Phi) is 4.66. The highest BCUT2D eigenvalue weighted by molar-refractivity contribution is 9.10. The minimum atomic E-state index is -3.89. The molecule has 1 heterocycles. The van der Waals surface area contributed by atoms with Gasteiger partial charge in [-0.25, -0.2) is 4.98 Å². The summed E-state index contributed by atoms with van der Waals surface area (Å²) < 4.78 is 30.1. The third kappa shape index (κ3) is 3.71. The zero-order valence-electron chi connectivity index (χ0n) is 10.7. The van der Waals surface area contributed by atoms with E-state index in [1.165, 1.54) is 30.0 Å². The molecule has 1 aromatic heterocycles. The molecule has 1 aromatic carbocycles. The molecule has 0 fully saturated rings. The van der Waals surface area contributed by atoms with E-state index >= 15 is 0 Å². The van der Waals surface area contributed by atoms with Gasteiger partial charge in [0.1, 0.15) is 4.90 Å². The lowest BCUT2D eigenvalue weighted by Crippen LogP contribution is -2.11. The number of hydrogen-bond acceptors (Lipinski definition) is 6. The number of nitrogens with zero attached hydrogens (tertiary/aromatic N) is 2. The molecule has 5 nitrogen and oxygen atoms in total. The first-order valence-corrected chi connectivity index (χ1v) is 8.93. The Morgan fingerprint density at radius 3 is 2.45 bits per heavy atom. The number of aromatic nitrogens is 2. The van der Waals surface area contributed by atoms with E-state index < -0.39 is 10.1 Å². The number of halogens is 1. The molecule has 0 amide bonds. The molecule has 20 heavy (non-hydrogen) atoms. The Labute approximate surface area is 130 Å². The van der Waals surface area contributed by atoms with Gasteiger partial charge in [0.2, 0.25) is 5.88 Å². The Hall–Kier alpha value is -1.12. The number of thioether (sulfide) groups is 1. The lowest BCUT2D eigenvalue weighted by molar-refractivity contribution is 0.471. The van der Waals surface area contributed by atoms with Crippen LogP contribution in [0, 0.1) is 6.92 Å². The van der Waals surface area contributed by atoms with Crippen molar-refractivity contribution in [1.29, 1.82) is 0 Å². The molecule has 8 heteroatoms. The maximum absolute atomic E-state index is 12.1. The van der Waals surface area contributed by atoms with Crippen molar-refractivity contribution in [3.63, 3.8) is 0 Å². The first-order valence-electron chi connectivity index (χ1n) is 5.50. The monoisotopic (exact) mass is 374 g/mol. The van der Waals surface area contributed by atoms with Gasteiger partial charge >= 0.3 is 10.1 Å². The van der Waals surface area contributed by atoms with Crippen molar-refractivity contribution in [2.45, 2.75) is 17.0 Å². The van der Waals surface area contributed by atoms with Gasteiger partial charge in [-0.2, -0.15) is 13.4 Å². The van der Waals surface area contributed by atoms with Gasteiger partial charge in [-0.1, -0.05) is 27.7 Å². The quantitative estimate of drug-likeness (QED) is 0.465. The van der Waals surface area contributed by atoms with Gasteiger partial charge in [-0.3, -0.25) is 0 Å². The van der Waals surface area contributed by atoms with Gasteiger partial charge in [0.15, 0.2) is 5.16 Å². The van der Waals surface area contributed by atoms with E-state index in [2.05, 4.69) is 25.9 Å². The summed E-state index contributed by atoms with van der Waals surface area (Å²) in [5.41, 5.74) is 0.644. The number of rotatable bonds is 4. The second kappa shape index (κ2) is 6.11. The molecule has 2 rings (SSSR count). The van der Waals surface area contributed by atoms with Gasteiger partial charge in [0.05, 0.1) is 0 Å². The van der Waals surface area contributed by atoms with Crippen LogP contribution in [0.25, 0.3) is 0 Å². The van der Waals surface area contributed by atoms with Crippen LogP contribution in [0.1, 0.15) is 5.69 Å². The fourth-order valence-corrected chi connectivity index (χ4v) is 2.97. The molecule has 0 aliphatic heterocycles. The topological polar surface area (TPSA) is 69.2 Å². The van der Waals surface area contributed by atoms with Crippen LogP contribution < -0.4 is 4.18 Å². The average molecular weight is 375 g/mol. The van der Waals surface area contributed by atoms with Crippen molar-refractivity contribution in [3.05, 3.63) is 40.5 Å². The van der Waals surface area contributed by atoms with Crippen molar-refractivity contribution in [1.82, 2.24) is 9.97 Å². The van der Waals surface area contributed by atoms with Crippen molar-refractivity contribution < 1.29 is 12.6 Å². The predicted molar refractivity (Wildman–Crippen MR) is 80.5 cm³/mol. The summed E-state index contributed by atoms with van der Waals surface area (Å²) in [7, 11) is -3.89. The summed E-state index contributed by atoms with van der Waals surface area (Å²) in [6, 6.07) is 7.67. The second-order valence-electron chi connectivity index (χ2n) is 3.83. The van der Waals surface area contributed by atoms with Crippen LogP contribution in [0.4, 0.5) is 0 Å². The molecule has 106 valence electrons. The van der Waals surface area contributed by atoms with Gasteiger partial charge in [0, 0.05) is 16.2 Å². The molecule has 0 radical (unpaired) electrons. The van der Waals surface area contributed by atoms with Gasteiger partial charge < -0.3 is 4.18 Å². The molecule has 0 N–H and O–H groups in total. The molecule has 0 aliphatic carbocycles. The van der Waals surface area contributed by atoms with E-state index in [4.69, 9.17) is 4.18 Å².